The normalized spacial score (nSPS) is 16.9. The van der Waals surface area contributed by atoms with E-state index in [0.29, 0.717) is 11.3 Å². The molecule has 1 aromatic carbocycles. The maximum Gasteiger partial charge on any atom is 0.207 e. The predicted molar refractivity (Wildman–Crippen MR) is 83.1 cm³/mol. The Kier molecular flexibility index (Phi) is 5.45. The highest BCUT2D eigenvalue weighted by atomic mass is 127. The number of aliphatic hydroxyl groups is 1. The first-order chi connectivity index (χ1) is 8.26. The van der Waals surface area contributed by atoms with Crippen molar-refractivity contribution in [1.29, 1.82) is 0 Å². The summed E-state index contributed by atoms with van der Waals surface area (Å²) in [6.07, 6.45) is -1.16. The Labute approximate surface area is 129 Å². The lowest BCUT2D eigenvalue weighted by atomic mass is 10.1. The van der Waals surface area contributed by atoms with Gasteiger partial charge in [0, 0.05) is 5.75 Å². The number of sulfone groups is 1. The molecule has 1 aromatic rings. The fraction of sp³-hybridized carbons (Fsp3) is 0.455. The fourth-order valence-corrected chi connectivity index (χ4v) is 4.45. The number of methoxy groups -OCH3 is 1. The third-order valence-electron chi connectivity index (χ3n) is 2.54. The molecule has 0 fully saturated rings. The van der Waals surface area contributed by atoms with Gasteiger partial charge < -0.3 is 9.84 Å². The molecule has 102 valence electrons. The summed E-state index contributed by atoms with van der Waals surface area (Å²) in [4.78, 5) is 0. The third-order valence-corrected chi connectivity index (χ3v) is 8.87. The van der Waals surface area contributed by atoms with Crippen molar-refractivity contribution in [2.24, 2.45) is 0 Å². The van der Waals surface area contributed by atoms with E-state index >= 15 is 0 Å². The van der Waals surface area contributed by atoms with Gasteiger partial charge in [-0.3, -0.25) is 0 Å². The van der Waals surface area contributed by atoms with E-state index in [0.717, 1.165) is 0 Å². The third kappa shape index (κ3) is 3.17. The first kappa shape index (κ1) is 16.2. The van der Waals surface area contributed by atoms with Gasteiger partial charge in [-0.2, -0.15) is 0 Å². The smallest absolute Gasteiger partial charge is 0.207 e. The molecule has 0 amide bonds. The van der Waals surface area contributed by atoms with E-state index in [2.05, 4.69) is 15.9 Å². The van der Waals surface area contributed by atoms with Gasteiger partial charge in [0.05, 0.1) is 7.11 Å². The van der Waals surface area contributed by atoms with Crippen molar-refractivity contribution in [2.45, 2.75) is 14.7 Å². The van der Waals surface area contributed by atoms with Crippen LogP contribution in [0.1, 0.15) is 18.6 Å². The molecule has 0 saturated heterocycles. The van der Waals surface area contributed by atoms with Gasteiger partial charge in [0.15, 0.2) is 9.84 Å². The molecule has 4 nitrogen and oxygen atoms in total. The van der Waals surface area contributed by atoms with E-state index < -0.39 is 17.6 Å². The van der Waals surface area contributed by atoms with Crippen molar-refractivity contribution in [3.63, 3.8) is 0 Å². The van der Waals surface area contributed by atoms with Gasteiger partial charge in [0.25, 0.3) is 0 Å². The average molecular weight is 449 g/mol. The molecule has 7 heteroatoms. The first-order valence-electron chi connectivity index (χ1n) is 5.18. The second-order valence-electron chi connectivity index (χ2n) is 3.64. The highest BCUT2D eigenvalue weighted by Gasteiger charge is 2.45. The molecule has 2 unspecified atom stereocenters. The van der Waals surface area contributed by atoms with Crippen LogP contribution >= 0.6 is 38.5 Å². The molecular formula is C11H14BrIO4S. The molecule has 0 heterocycles. The molecule has 1 rings (SSSR count). The van der Waals surface area contributed by atoms with E-state index in [1.165, 1.54) is 0 Å². The summed E-state index contributed by atoms with van der Waals surface area (Å²) in [5, 5.41) is 10.2. The molecule has 0 saturated carbocycles. The largest absolute Gasteiger partial charge is 0.497 e. The van der Waals surface area contributed by atoms with E-state index in [1.807, 2.05) is 0 Å². The number of halogens is 2. The van der Waals surface area contributed by atoms with Gasteiger partial charge in [-0.25, -0.2) is 8.42 Å². The van der Waals surface area contributed by atoms with Crippen molar-refractivity contribution in [1.82, 2.24) is 0 Å². The predicted octanol–water partition coefficient (Wildman–Crippen LogP) is 2.65. The topological polar surface area (TPSA) is 63.6 Å². The molecule has 2 atom stereocenters. The Morgan fingerprint density at radius 1 is 1.44 bits per heavy atom. The van der Waals surface area contributed by atoms with Gasteiger partial charge in [-0.1, -0.05) is 35.0 Å². The number of hydrogen-bond acceptors (Lipinski definition) is 4. The number of aliphatic hydroxyl groups excluding tert-OH is 1. The van der Waals surface area contributed by atoms with Crippen LogP contribution in [0.25, 0.3) is 0 Å². The lowest BCUT2D eigenvalue weighted by Gasteiger charge is -2.26. The van der Waals surface area contributed by atoms with Crippen molar-refractivity contribution in [3.8, 4) is 5.75 Å². The van der Waals surface area contributed by atoms with Crippen LogP contribution in [-0.4, -0.2) is 28.0 Å². The SMILES string of the molecule is CCS(=O)(=O)C(Br)(I)C(O)c1ccc(OC)cc1. The summed E-state index contributed by atoms with van der Waals surface area (Å²) in [5.74, 6) is 0.604. The van der Waals surface area contributed by atoms with Gasteiger partial charge in [0.2, 0.25) is 1.66 Å². The molecule has 0 bridgehead atoms. The Bertz CT molecular complexity index is 498. The molecule has 18 heavy (non-hydrogen) atoms. The molecule has 0 aliphatic rings. The van der Waals surface area contributed by atoms with Gasteiger partial charge in [0.1, 0.15) is 11.9 Å². The van der Waals surface area contributed by atoms with Gasteiger partial charge >= 0.3 is 0 Å². The summed E-state index contributed by atoms with van der Waals surface area (Å²) in [6, 6.07) is 6.64. The summed E-state index contributed by atoms with van der Waals surface area (Å²) < 4.78 is 27.4. The van der Waals surface area contributed by atoms with Crippen LogP contribution in [0.4, 0.5) is 0 Å². The molecule has 0 radical (unpaired) electrons. The minimum Gasteiger partial charge on any atom is -0.497 e. The minimum atomic E-state index is -3.44. The monoisotopic (exact) mass is 448 g/mol. The maximum absolute atomic E-state index is 11.9. The second kappa shape index (κ2) is 6.06. The Balaban J connectivity index is 3.09. The van der Waals surface area contributed by atoms with Crippen LogP contribution in [0.5, 0.6) is 5.75 Å². The minimum absolute atomic E-state index is 0.0472. The van der Waals surface area contributed by atoms with Crippen LogP contribution in [0.3, 0.4) is 0 Å². The van der Waals surface area contributed by atoms with Gasteiger partial charge in [-0.15, -0.1) is 0 Å². The van der Waals surface area contributed by atoms with Crippen molar-refractivity contribution in [2.75, 3.05) is 12.9 Å². The van der Waals surface area contributed by atoms with E-state index in [9.17, 15) is 13.5 Å². The van der Waals surface area contributed by atoms with Crippen LogP contribution in [0, 0.1) is 0 Å². The van der Waals surface area contributed by atoms with E-state index in [-0.39, 0.29) is 5.75 Å². The average Bonchev–Trinajstić information content (AvgIpc) is 2.37. The van der Waals surface area contributed by atoms with E-state index in [1.54, 1.807) is 60.9 Å². The standard InChI is InChI=1S/C11H14BrIO4S/c1-3-18(15,16)11(12,13)10(14)8-4-6-9(17-2)7-5-8/h4-7,10,14H,3H2,1-2H3. The number of alkyl halides is 2. The van der Waals surface area contributed by atoms with Crippen molar-refractivity contribution < 1.29 is 18.3 Å². The lowest BCUT2D eigenvalue weighted by Crippen LogP contribution is -2.33. The van der Waals surface area contributed by atoms with Crippen LogP contribution in [-0.2, 0) is 9.84 Å². The van der Waals surface area contributed by atoms with Gasteiger partial charge in [-0.05, 0) is 40.3 Å². The van der Waals surface area contributed by atoms with Crippen molar-refractivity contribution >= 4 is 48.4 Å². The zero-order valence-electron chi connectivity index (χ0n) is 9.93. The molecule has 0 spiro atoms. The zero-order valence-corrected chi connectivity index (χ0v) is 14.5. The second-order valence-corrected chi connectivity index (χ2v) is 11.8. The Morgan fingerprint density at radius 3 is 2.33 bits per heavy atom. The Hall–Kier alpha value is 0.140. The molecule has 0 aromatic heterocycles. The molecule has 0 aliphatic heterocycles. The van der Waals surface area contributed by atoms with Crippen LogP contribution < -0.4 is 4.74 Å². The quantitative estimate of drug-likeness (QED) is 0.555. The molecule has 1 N–H and O–H groups in total. The highest BCUT2D eigenvalue weighted by molar-refractivity contribution is 14.1. The number of rotatable bonds is 5. The Morgan fingerprint density at radius 2 is 1.94 bits per heavy atom. The maximum atomic E-state index is 11.9. The lowest BCUT2D eigenvalue weighted by molar-refractivity contribution is 0.191. The number of hydrogen-bond donors (Lipinski definition) is 1. The summed E-state index contributed by atoms with van der Waals surface area (Å²) in [5.41, 5.74) is 0.513. The number of benzene rings is 1. The van der Waals surface area contributed by atoms with Crippen LogP contribution in [0.2, 0.25) is 0 Å². The van der Waals surface area contributed by atoms with E-state index in [4.69, 9.17) is 4.74 Å². The van der Waals surface area contributed by atoms with Crippen LogP contribution in [0.15, 0.2) is 24.3 Å². The molecule has 0 aliphatic carbocycles. The zero-order chi connectivity index (χ0) is 14.0. The van der Waals surface area contributed by atoms with Crippen molar-refractivity contribution in [3.05, 3.63) is 29.8 Å². The summed E-state index contributed by atoms with van der Waals surface area (Å²) >= 11 is 4.83. The fourth-order valence-electron chi connectivity index (χ4n) is 1.34. The summed E-state index contributed by atoms with van der Waals surface area (Å²) in [6.45, 7) is 1.55. The first-order valence-corrected chi connectivity index (χ1v) is 8.70. The molecular weight excluding hydrogens is 435 g/mol. The summed E-state index contributed by atoms with van der Waals surface area (Å²) in [7, 11) is -1.90. The number of ether oxygens (including phenoxy) is 1. The highest BCUT2D eigenvalue weighted by Crippen LogP contribution is 2.45.